The van der Waals surface area contributed by atoms with Gasteiger partial charge in [-0.3, -0.25) is 0 Å². The molecule has 0 heterocycles. The summed E-state index contributed by atoms with van der Waals surface area (Å²) in [7, 11) is -4.52. The van der Waals surface area contributed by atoms with Crippen LogP contribution in [-0.2, 0) is 21.5 Å². The van der Waals surface area contributed by atoms with E-state index in [1.165, 1.54) is 0 Å². The van der Waals surface area contributed by atoms with Gasteiger partial charge in [0.1, 0.15) is 6.61 Å². The Morgan fingerprint density at radius 1 is 1.33 bits per heavy atom. The van der Waals surface area contributed by atoms with Crippen LogP contribution in [0.3, 0.4) is 0 Å². The summed E-state index contributed by atoms with van der Waals surface area (Å²) in [5.41, 5.74) is 0.792. The zero-order valence-electron chi connectivity index (χ0n) is 11.5. The Morgan fingerprint density at radius 2 is 1.90 bits per heavy atom. The molecule has 0 spiro atoms. The first-order chi connectivity index (χ1) is 8.87. The molecule has 0 radical (unpaired) electrons. The van der Waals surface area contributed by atoms with E-state index < -0.39 is 28.1 Å². The number of nitrogens with one attached hydrogen (secondary N) is 1. The maximum atomic E-state index is 11.2. The zero-order valence-corrected chi connectivity index (χ0v) is 14.3. The Hall–Kier alpha value is -0.680. The fourth-order valence-corrected chi connectivity index (χ4v) is 1.86. The van der Waals surface area contributed by atoms with E-state index in [-0.39, 0.29) is 48.2 Å². The van der Waals surface area contributed by atoms with E-state index in [1.54, 1.807) is 24.3 Å². The minimum absolute atomic E-state index is 0. The van der Waals surface area contributed by atoms with Gasteiger partial charge in [0.2, 0.25) is 0 Å². The fourth-order valence-electron chi connectivity index (χ4n) is 1.27. The molecule has 0 fully saturated rings. The number of carbonyl (C=O) groups is 1. The monoisotopic (exact) mass is 329 g/mol. The van der Waals surface area contributed by atoms with Crippen LogP contribution in [0.25, 0.3) is 0 Å². The average Bonchev–Trinajstić information content (AvgIpc) is 2.33. The Bertz CT molecular complexity index is 509. The molecule has 1 unspecified atom stereocenters. The van der Waals surface area contributed by atoms with Crippen LogP contribution in [0.2, 0.25) is 0 Å². The van der Waals surface area contributed by atoms with Crippen LogP contribution < -0.4 is 34.9 Å². The summed E-state index contributed by atoms with van der Waals surface area (Å²) in [5.74, 6) is -0.952. The normalized spacial score (nSPS) is 11.5. The summed E-state index contributed by atoms with van der Waals surface area (Å²) in [6.45, 7) is -0.308. The van der Waals surface area contributed by atoms with E-state index in [4.69, 9.17) is 9.84 Å². The summed E-state index contributed by atoms with van der Waals surface area (Å²) in [4.78, 5) is 11.2. The van der Waals surface area contributed by atoms with Gasteiger partial charge in [-0.05, 0) is 5.56 Å². The van der Waals surface area contributed by atoms with Gasteiger partial charge in [-0.1, -0.05) is 30.3 Å². The second kappa shape index (κ2) is 11.0. The maximum Gasteiger partial charge on any atom is 1.00 e. The van der Waals surface area contributed by atoms with E-state index in [9.17, 15) is 17.8 Å². The molecule has 10 heteroatoms. The Morgan fingerprint density at radius 3 is 2.43 bits per heavy atom. The van der Waals surface area contributed by atoms with Crippen LogP contribution in [0, 0.1) is 0 Å². The van der Waals surface area contributed by atoms with Gasteiger partial charge in [-0.15, -0.1) is 0 Å². The van der Waals surface area contributed by atoms with Gasteiger partial charge in [0.05, 0.1) is 22.0 Å². The summed E-state index contributed by atoms with van der Waals surface area (Å²) in [6.07, 6.45) is -2.25. The average molecular weight is 329 g/mol. The van der Waals surface area contributed by atoms with Crippen molar-refractivity contribution in [3.05, 3.63) is 35.9 Å². The molecule has 8 nitrogen and oxygen atoms in total. The standard InChI is InChI=1S/C11H15NO6S.Na.H2O/c13-10(8-19(15,16)17)6-12-11(14)18-7-9-4-2-1-3-5-9;;/h1-5,10,13H,6-8H2,(H,12,14)(H,15,16,17);;1H2/q;+1;/p-1. The van der Waals surface area contributed by atoms with Crippen molar-refractivity contribution in [2.24, 2.45) is 0 Å². The topological polar surface area (TPSA) is 147 Å². The number of ether oxygens (including phenoxy) is 1. The number of hydrogen-bond donors (Lipinski definition) is 2. The van der Waals surface area contributed by atoms with Crippen molar-refractivity contribution in [2.75, 3.05) is 12.3 Å². The number of alkyl carbamates (subject to hydrolysis) is 1. The third-order valence-electron chi connectivity index (χ3n) is 2.09. The molecule has 1 aromatic rings. The van der Waals surface area contributed by atoms with Gasteiger partial charge < -0.3 is 25.2 Å². The van der Waals surface area contributed by atoms with Crippen LogP contribution in [0.4, 0.5) is 4.79 Å². The summed E-state index contributed by atoms with van der Waals surface area (Å²) in [6, 6.07) is 8.94. The van der Waals surface area contributed by atoms with Crippen LogP contribution in [-0.4, -0.2) is 48.0 Å². The molecule has 1 atom stereocenters. The van der Waals surface area contributed by atoms with Crippen molar-refractivity contribution >= 4 is 16.2 Å². The molecular formula is C11H16NNaO7S. The van der Waals surface area contributed by atoms with Crippen LogP contribution in [0.5, 0.6) is 0 Å². The number of aliphatic hydroxyl groups is 1. The molecule has 1 amide bonds. The molecule has 0 bridgehead atoms. The molecule has 4 N–H and O–H groups in total. The maximum absolute atomic E-state index is 11.2. The van der Waals surface area contributed by atoms with Gasteiger partial charge in [-0.25, -0.2) is 13.2 Å². The van der Waals surface area contributed by atoms with E-state index in [0.29, 0.717) is 0 Å². The number of aliphatic hydroxyl groups excluding tert-OH is 1. The minimum atomic E-state index is -4.52. The summed E-state index contributed by atoms with van der Waals surface area (Å²) < 4.78 is 35.8. The van der Waals surface area contributed by atoms with Crippen molar-refractivity contribution in [3.8, 4) is 0 Å². The molecule has 0 aromatic heterocycles. The van der Waals surface area contributed by atoms with Gasteiger partial charge >= 0.3 is 35.7 Å². The smallest absolute Gasteiger partial charge is 0.748 e. The number of amides is 1. The Labute approximate surface area is 144 Å². The fraction of sp³-hybridized carbons (Fsp3) is 0.364. The molecule has 1 rings (SSSR count). The van der Waals surface area contributed by atoms with E-state index in [1.807, 2.05) is 6.07 Å². The van der Waals surface area contributed by atoms with Gasteiger partial charge in [-0.2, -0.15) is 0 Å². The van der Waals surface area contributed by atoms with Gasteiger partial charge in [0.25, 0.3) is 0 Å². The molecule has 21 heavy (non-hydrogen) atoms. The predicted molar refractivity (Wildman–Crippen MR) is 68.8 cm³/mol. The largest absolute Gasteiger partial charge is 1.00 e. The number of benzene rings is 1. The van der Waals surface area contributed by atoms with E-state index in [2.05, 4.69) is 5.32 Å². The number of hydrogen-bond acceptors (Lipinski definition) is 6. The number of carbonyl (C=O) groups excluding carboxylic acids is 1. The third kappa shape index (κ3) is 11.6. The second-order valence-corrected chi connectivity index (χ2v) is 5.27. The molecule has 0 saturated heterocycles. The van der Waals surface area contributed by atoms with Crippen LogP contribution >= 0.6 is 0 Å². The van der Waals surface area contributed by atoms with Crippen LogP contribution in [0.1, 0.15) is 5.56 Å². The SMILES string of the molecule is O.O=C(NCC(O)CS(=O)(=O)[O-])OCc1ccccc1.[Na+]. The summed E-state index contributed by atoms with van der Waals surface area (Å²) in [5, 5.41) is 11.3. The Balaban J connectivity index is 0. The summed E-state index contributed by atoms with van der Waals surface area (Å²) >= 11 is 0. The van der Waals surface area contributed by atoms with Crippen LogP contribution in [0.15, 0.2) is 30.3 Å². The molecular weight excluding hydrogens is 313 g/mol. The first-order valence-corrected chi connectivity index (χ1v) is 7.01. The van der Waals surface area contributed by atoms with E-state index >= 15 is 0 Å². The zero-order chi connectivity index (χ0) is 14.3. The molecule has 0 saturated carbocycles. The van der Waals surface area contributed by atoms with Crippen molar-refractivity contribution < 1.29 is 62.6 Å². The van der Waals surface area contributed by atoms with Gasteiger partial charge in [0, 0.05) is 6.54 Å². The quantitative estimate of drug-likeness (QED) is 0.401. The van der Waals surface area contributed by atoms with Gasteiger partial charge in [0.15, 0.2) is 0 Å². The van der Waals surface area contributed by atoms with Crippen molar-refractivity contribution in [3.63, 3.8) is 0 Å². The molecule has 0 aliphatic rings. The van der Waals surface area contributed by atoms with E-state index in [0.717, 1.165) is 5.56 Å². The molecule has 0 aliphatic heterocycles. The van der Waals surface area contributed by atoms with Crippen molar-refractivity contribution in [1.29, 1.82) is 0 Å². The number of rotatable bonds is 6. The van der Waals surface area contributed by atoms with Crippen molar-refractivity contribution in [1.82, 2.24) is 5.32 Å². The van der Waals surface area contributed by atoms with Crippen molar-refractivity contribution in [2.45, 2.75) is 12.7 Å². The second-order valence-electron chi connectivity index (χ2n) is 3.82. The third-order valence-corrected chi connectivity index (χ3v) is 2.88. The molecule has 0 aliphatic carbocycles. The first kappa shape index (κ1) is 22.6. The predicted octanol–water partition coefficient (Wildman–Crippen LogP) is -4.00. The molecule has 114 valence electrons. The molecule has 1 aromatic carbocycles. The minimum Gasteiger partial charge on any atom is -0.748 e. The Kier molecular flexibility index (Phi) is 11.8. The first-order valence-electron chi connectivity index (χ1n) is 5.43.